The molecule has 0 atom stereocenters. The molecule has 3 N–H and O–H groups in total. The van der Waals surface area contributed by atoms with Gasteiger partial charge in [0.2, 0.25) is 0 Å². The molecule has 0 fully saturated rings. The summed E-state index contributed by atoms with van der Waals surface area (Å²) >= 11 is 0. The van der Waals surface area contributed by atoms with Gasteiger partial charge in [0.1, 0.15) is 0 Å². The fourth-order valence-electron chi connectivity index (χ4n) is 2.81. The number of carbonyl (C=O) groups excluding carboxylic acids is 1. The highest BCUT2D eigenvalue weighted by atomic mass is 16.1. The first kappa shape index (κ1) is 18.5. The lowest BCUT2D eigenvalue weighted by Crippen LogP contribution is -2.14. The van der Waals surface area contributed by atoms with E-state index in [-0.39, 0.29) is 5.91 Å². The van der Waals surface area contributed by atoms with Crippen molar-refractivity contribution in [2.75, 3.05) is 29.5 Å². The van der Waals surface area contributed by atoms with Crippen molar-refractivity contribution in [1.82, 2.24) is 4.98 Å². The minimum atomic E-state index is -0.129. The van der Waals surface area contributed by atoms with Gasteiger partial charge < -0.3 is 16.0 Å². The number of aryl methyl sites for hydroxylation is 1. The molecule has 1 heterocycles. The Morgan fingerprint density at radius 3 is 2.48 bits per heavy atom. The lowest BCUT2D eigenvalue weighted by Gasteiger charge is -2.12. The van der Waals surface area contributed by atoms with E-state index in [1.165, 1.54) is 0 Å². The van der Waals surface area contributed by atoms with E-state index in [1.54, 1.807) is 6.20 Å². The predicted octanol–water partition coefficient (Wildman–Crippen LogP) is 4.34. The Morgan fingerprint density at radius 1 is 1.00 bits per heavy atom. The smallest absolute Gasteiger partial charge is 0.257 e. The largest absolute Gasteiger partial charge is 0.387 e. The third kappa shape index (κ3) is 5.07. The van der Waals surface area contributed by atoms with E-state index in [9.17, 15) is 4.79 Å². The number of pyridine rings is 1. The maximum absolute atomic E-state index is 12.5. The first-order chi connectivity index (χ1) is 13.2. The number of nitrogens with zero attached hydrogens (tertiary/aromatic N) is 1. The van der Waals surface area contributed by atoms with Crippen LogP contribution in [0.15, 0.2) is 66.9 Å². The SMILES string of the molecule is CNc1cc(C)ccc1C(=O)Nc1ccc(NCCc2ccccn2)cc1. The summed E-state index contributed by atoms with van der Waals surface area (Å²) in [7, 11) is 1.82. The molecule has 0 bridgehead atoms. The van der Waals surface area contributed by atoms with Crippen molar-refractivity contribution in [3.8, 4) is 0 Å². The average Bonchev–Trinajstić information content (AvgIpc) is 2.70. The summed E-state index contributed by atoms with van der Waals surface area (Å²) in [4.78, 5) is 16.9. The van der Waals surface area contributed by atoms with E-state index in [1.807, 2.05) is 74.6 Å². The molecular weight excluding hydrogens is 336 g/mol. The van der Waals surface area contributed by atoms with Crippen LogP contribution in [0, 0.1) is 6.92 Å². The van der Waals surface area contributed by atoms with Crippen LogP contribution in [0.5, 0.6) is 0 Å². The van der Waals surface area contributed by atoms with Crippen LogP contribution in [0.1, 0.15) is 21.6 Å². The highest BCUT2D eigenvalue weighted by molar-refractivity contribution is 6.08. The summed E-state index contributed by atoms with van der Waals surface area (Å²) in [6, 6.07) is 19.4. The molecule has 1 aromatic heterocycles. The monoisotopic (exact) mass is 360 g/mol. The Morgan fingerprint density at radius 2 is 1.78 bits per heavy atom. The number of nitrogens with one attached hydrogen (secondary N) is 3. The van der Waals surface area contributed by atoms with Crippen LogP contribution in [-0.4, -0.2) is 24.5 Å². The average molecular weight is 360 g/mol. The normalized spacial score (nSPS) is 10.3. The number of hydrogen-bond donors (Lipinski definition) is 3. The van der Waals surface area contributed by atoms with Crippen molar-refractivity contribution < 1.29 is 4.79 Å². The van der Waals surface area contributed by atoms with Crippen molar-refractivity contribution in [3.63, 3.8) is 0 Å². The Labute approximate surface area is 159 Å². The van der Waals surface area contributed by atoms with Crippen LogP contribution in [0.3, 0.4) is 0 Å². The Hall–Kier alpha value is -3.34. The van der Waals surface area contributed by atoms with Crippen molar-refractivity contribution in [2.45, 2.75) is 13.3 Å². The van der Waals surface area contributed by atoms with E-state index in [0.717, 1.165) is 41.3 Å². The molecule has 3 aromatic rings. The first-order valence-corrected chi connectivity index (χ1v) is 8.99. The molecule has 1 amide bonds. The van der Waals surface area contributed by atoms with Gasteiger partial charge in [-0.3, -0.25) is 9.78 Å². The second kappa shape index (κ2) is 8.85. The second-order valence-corrected chi connectivity index (χ2v) is 6.33. The molecule has 5 nitrogen and oxygen atoms in total. The van der Waals surface area contributed by atoms with Gasteiger partial charge in [-0.1, -0.05) is 12.1 Å². The Kier molecular flexibility index (Phi) is 6.05. The van der Waals surface area contributed by atoms with Crippen LogP contribution >= 0.6 is 0 Å². The van der Waals surface area contributed by atoms with Crippen molar-refractivity contribution in [2.24, 2.45) is 0 Å². The molecule has 0 saturated carbocycles. The van der Waals surface area contributed by atoms with Gasteiger partial charge in [0, 0.05) is 49.0 Å². The first-order valence-electron chi connectivity index (χ1n) is 8.99. The highest BCUT2D eigenvalue weighted by Gasteiger charge is 2.11. The lowest BCUT2D eigenvalue weighted by atomic mass is 10.1. The topological polar surface area (TPSA) is 66.1 Å². The fraction of sp³-hybridized carbons (Fsp3) is 0.182. The quantitative estimate of drug-likeness (QED) is 0.586. The minimum Gasteiger partial charge on any atom is -0.387 e. The highest BCUT2D eigenvalue weighted by Crippen LogP contribution is 2.20. The summed E-state index contributed by atoms with van der Waals surface area (Å²) in [6.45, 7) is 2.81. The number of rotatable bonds is 7. The Balaban J connectivity index is 1.56. The number of hydrogen-bond acceptors (Lipinski definition) is 4. The molecule has 0 unspecified atom stereocenters. The van der Waals surface area contributed by atoms with Gasteiger partial charge in [-0.2, -0.15) is 0 Å². The zero-order valence-corrected chi connectivity index (χ0v) is 15.6. The van der Waals surface area contributed by atoms with Gasteiger partial charge in [0.15, 0.2) is 0 Å². The zero-order chi connectivity index (χ0) is 19.1. The van der Waals surface area contributed by atoms with Crippen molar-refractivity contribution in [1.29, 1.82) is 0 Å². The molecular formula is C22H24N4O. The molecule has 27 heavy (non-hydrogen) atoms. The number of anilines is 3. The third-order valence-electron chi connectivity index (χ3n) is 4.27. The third-order valence-corrected chi connectivity index (χ3v) is 4.27. The lowest BCUT2D eigenvalue weighted by molar-refractivity contribution is 0.102. The summed E-state index contributed by atoms with van der Waals surface area (Å²) in [5.41, 5.74) is 5.39. The predicted molar refractivity (Wildman–Crippen MR) is 112 cm³/mol. The summed E-state index contributed by atoms with van der Waals surface area (Å²) < 4.78 is 0. The number of carbonyl (C=O) groups is 1. The van der Waals surface area contributed by atoms with E-state index in [4.69, 9.17) is 0 Å². The molecule has 0 aliphatic carbocycles. The molecule has 5 heteroatoms. The standard InChI is InChI=1S/C22H24N4O/c1-16-6-11-20(21(15-16)23-2)22(27)26-19-9-7-18(8-10-19)25-14-12-17-5-3-4-13-24-17/h3-11,13,15,23,25H,12,14H2,1-2H3,(H,26,27). The van der Waals surface area contributed by atoms with Crippen LogP contribution in [0.2, 0.25) is 0 Å². The maximum Gasteiger partial charge on any atom is 0.257 e. The van der Waals surface area contributed by atoms with Crippen molar-refractivity contribution in [3.05, 3.63) is 83.7 Å². The second-order valence-electron chi connectivity index (χ2n) is 6.33. The van der Waals surface area contributed by atoms with Gasteiger partial charge in [-0.25, -0.2) is 0 Å². The number of amides is 1. The number of aromatic nitrogens is 1. The molecule has 138 valence electrons. The van der Waals surface area contributed by atoms with Gasteiger partial charge >= 0.3 is 0 Å². The van der Waals surface area contributed by atoms with E-state index < -0.39 is 0 Å². The molecule has 0 aliphatic heterocycles. The summed E-state index contributed by atoms with van der Waals surface area (Å²) in [6.07, 6.45) is 2.67. The fourth-order valence-corrected chi connectivity index (χ4v) is 2.81. The molecule has 0 spiro atoms. The van der Waals surface area contributed by atoms with Crippen LogP contribution < -0.4 is 16.0 Å². The van der Waals surface area contributed by atoms with Crippen LogP contribution in [0.25, 0.3) is 0 Å². The van der Waals surface area contributed by atoms with Gasteiger partial charge in [-0.15, -0.1) is 0 Å². The summed E-state index contributed by atoms with van der Waals surface area (Å²) in [5, 5.41) is 9.38. The van der Waals surface area contributed by atoms with E-state index in [0.29, 0.717) is 5.56 Å². The molecule has 2 aromatic carbocycles. The van der Waals surface area contributed by atoms with Gasteiger partial charge in [-0.05, 0) is 61.0 Å². The molecule has 0 aliphatic rings. The summed E-state index contributed by atoms with van der Waals surface area (Å²) in [5.74, 6) is -0.129. The van der Waals surface area contributed by atoms with Crippen LogP contribution in [-0.2, 0) is 6.42 Å². The molecule has 0 saturated heterocycles. The zero-order valence-electron chi connectivity index (χ0n) is 15.6. The Bertz CT molecular complexity index is 892. The number of benzene rings is 2. The van der Waals surface area contributed by atoms with Gasteiger partial charge in [0.05, 0.1) is 5.56 Å². The maximum atomic E-state index is 12.5. The van der Waals surface area contributed by atoms with Crippen LogP contribution in [0.4, 0.5) is 17.1 Å². The van der Waals surface area contributed by atoms with E-state index >= 15 is 0 Å². The van der Waals surface area contributed by atoms with E-state index in [2.05, 4.69) is 20.9 Å². The van der Waals surface area contributed by atoms with Gasteiger partial charge in [0.25, 0.3) is 5.91 Å². The molecule has 0 radical (unpaired) electrons. The van der Waals surface area contributed by atoms with Crippen molar-refractivity contribution >= 4 is 23.0 Å². The minimum absolute atomic E-state index is 0.129. The molecule has 3 rings (SSSR count).